The highest BCUT2D eigenvalue weighted by Crippen LogP contribution is 2.37. The van der Waals surface area contributed by atoms with Gasteiger partial charge in [-0.2, -0.15) is 0 Å². The third kappa shape index (κ3) is 5.82. The van der Waals surface area contributed by atoms with Gasteiger partial charge in [-0.1, -0.05) is 55.8 Å². The first-order chi connectivity index (χ1) is 25.7. The highest BCUT2D eigenvalue weighted by molar-refractivity contribution is 5.98. The molecule has 8 bridgehead atoms. The van der Waals surface area contributed by atoms with Crippen molar-refractivity contribution in [3.05, 3.63) is 150 Å². The lowest BCUT2D eigenvalue weighted by Gasteiger charge is -2.07. The molecule has 0 saturated carbocycles. The molecule has 0 unspecified atom stereocenters. The fourth-order valence-corrected chi connectivity index (χ4v) is 7.07. The lowest BCUT2D eigenvalue weighted by atomic mass is 10.0. The number of hydrogen-bond acceptors (Lipinski definition) is 5. The van der Waals surface area contributed by atoms with Gasteiger partial charge in [-0.3, -0.25) is 15.0 Å². The molecular formula is C45H35N7. The zero-order chi connectivity index (χ0) is 34.9. The van der Waals surface area contributed by atoms with Crippen molar-refractivity contribution in [3.63, 3.8) is 0 Å². The topological polar surface area (TPSA) is 96.0 Å². The van der Waals surface area contributed by atoms with E-state index in [0.29, 0.717) is 0 Å². The van der Waals surface area contributed by atoms with Gasteiger partial charge >= 0.3 is 0 Å². The number of fused-ring (bicyclic) bond motifs is 8. The van der Waals surface area contributed by atoms with E-state index in [1.165, 1.54) is 18.4 Å². The number of benzene rings is 1. The summed E-state index contributed by atoms with van der Waals surface area (Å²) in [7, 11) is 0. The largest absolute Gasteiger partial charge is 0.354 e. The maximum atomic E-state index is 5.36. The Morgan fingerprint density at radius 2 is 0.846 bits per heavy atom. The zero-order valence-corrected chi connectivity index (χ0v) is 28.7. The SMILES string of the molecule is CCCCc1ccc(-c2c3nc(c(-c4ccccn4)c4ccc([nH]4)c(-c4ccccn4)c4nc(c(-c5ccccn5)c5ccc2[nH]5)C=C4)C=C3)cc1. The van der Waals surface area contributed by atoms with Crippen LogP contribution < -0.4 is 0 Å². The highest BCUT2D eigenvalue weighted by Gasteiger charge is 2.19. The van der Waals surface area contributed by atoms with Crippen molar-refractivity contribution in [1.82, 2.24) is 34.9 Å². The number of hydrogen-bond donors (Lipinski definition) is 2. The summed E-state index contributed by atoms with van der Waals surface area (Å²) in [4.78, 5) is 32.5. The summed E-state index contributed by atoms with van der Waals surface area (Å²) in [6, 6.07) is 35.3. The summed E-state index contributed by atoms with van der Waals surface area (Å²) in [6.45, 7) is 2.23. The third-order valence-electron chi connectivity index (χ3n) is 9.58. The normalized spacial score (nSPS) is 12.0. The molecule has 7 heteroatoms. The fraction of sp³-hybridized carbons (Fsp3) is 0.0889. The molecule has 8 heterocycles. The number of nitrogens with zero attached hydrogens (tertiary/aromatic N) is 5. The maximum absolute atomic E-state index is 5.36. The van der Waals surface area contributed by atoms with E-state index >= 15 is 0 Å². The molecule has 0 saturated heterocycles. The number of rotatable bonds is 7. The number of aromatic nitrogens is 7. The van der Waals surface area contributed by atoms with E-state index in [1.54, 1.807) is 0 Å². The fourth-order valence-electron chi connectivity index (χ4n) is 7.07. The van der Waals surface area contributed by atoms with Crippen LogP contribution in [0.1, 0.15) is 48.1 Å². The molecule has 0 atom stereocenters. The van der Waals surface area contributed by atoms with E-state index in [-0.39, 0.29) is 0 Å². The van der Waals surface area contributed by atoms with Crippen LogP contribution in [0, 0.1) is 0 Å². The van der Waals surface area contributed by atoms with Gasteiger partial charge in [0.1, 0.15) is 0 Å². The van der Waals surface area contributed by atoms with Crippen LogP contribution in [0.2, 0.25) is 0 Å². The second-order valence-electron chi connectivity index (χ2n) is 12.9. The molecule has 6 aromatic heterocycles. The van der Waals surface area contributed by atoms with E-state index in [9.17, 15) is 0 Å². The summed E-state index contributed by atoms with van der Waals surface area (Å²) in [5.74, 6) is 0. The van der Waals surface area contributed by atoms with Crippen LogP contribution in [0.15, 0.2) is 122 Å². The quantitative estimate of drug-likeness (QED) is 0.175. The molecule has 52 heavy (non-hydrogen) atoms. The second-order valence-corrected chi connectivity index (χ2v) is 12.9. The van der Waals surface area contributed by atoms with Crippen molar-refractivity contribution in [2.24, 2.45) is 0 Å². The van der Waals surface area contributed by atoms with Crippen LogP contribution in [0.5, 0.6) is 0 Å². The van der Waals surface area contributed by atoms with Gasteiger partial charge in [-0.25, -0.2) is 9.97 Å². The van der Waals surface area contributed by atoms with Gasteiger partial charge in [-0.05, 0) is 109 Å². The third-order valence-corrected chi connectivity index (χ3v) is 9.58. The standard InChI is InChI=1S/C45H35N7/c1-2-3-10-29-14-16-30(17-15-29)42-34-18-20-36(49-34)43(31-11-4-7-26-46-31)38-22-24-40(51-38)45(33-13-6-9-28-48-33)41-25-23-39(52-41)44(32-12-5-8-27-47-32)37-21-19-35(42)50-37/h4-9,11-28,49,52H,2-3,10H2,1H3. The van der Waals surface area contributed by atoms with Gasteiger partial charge in [0, 0.05) is 46.4 Å². The van der Waals surface area contributed by atoms with Crippen LogP contribution in [0.3, 0.4) is 0 Å². The maximum Gasteiger partial charge on any atom is 0.0753 e. The average Bonchev–Trinajstić information content (AvgIpc) is 4.04. The minimum absolute atomic E-state index is 0.804. The first-order valence-electron chi connectivity index (χ1n) is 17.7. The van der Waals surface area contributed by atoms with Crippen molar-refractivity contribution in [2.45, 2.75) is 26.2 Å². The van der Waals surface area contributed by atoms with Crippen molar-refractivity contribution < 1.29 is 0 Å². The Kier molecular flexibility index (Phi) is 8.13. The van der Waals surface area contributed by atoms with Crippen molar-refractivity contribution in [3.8, 4) is 44.9 Å². The molecule has 250 valence electrons. The van der Waals surface area contributed by atoms with Crippen LogP contribution in [-0.2, 0) is 6.42 Å². The minimum Gasteiger partial charge on any atom is -0.354 e. The van der Waals surface area contributed by atoms with E-state index in [0.717, 1.165) is 96.2 Å². The van der Waals surface area contributed by atoms with Crippen LogP contribution in [0.4, 0.5) is 0 Å². The van der Waals surface area contributed by atoms with Gasteiger partial charge in [-0.15, -0.1) is 0 Å². The zero-order valence-electron chi connectivity index (χ0n) is 28.7. The summed E-state index contributed by atoms with van der Waals surface area (Å²) < 4.78 is 0. The molecule has 2 aliphatic rings. The molecule has 1 aromatic carbocycles. The van der Waals surface area contributed by atoms with E-state index in [4.69, 9.17) is 24.9 Å². The smallest absolute Gasteiger partial charge is 0.0753 e. The first kappa shape index (κ1) is 31.3. The predicted octanol–water partition coefficient (Wildman–Crippen LogP) is 10.9. The molecule has 0 aliphatic carbocycles. The summed E-state index contributed by atoms with van der Waals surface area (Å²) in [5, 5.41) is 0. The second kappa shape index (κ2) is 13.5. The van der Waals surface area contributed by atoms with Gasteiger partial charge in [0.05, 0.1) is 56.4 Å². The lowest BCUT2D eigenvalue weighted by molar-refractivity contribution is 0.795. The first-order valence-corrected chi connectivity index (χ1v) is 17.7. The van der Waals surface area contributed by atoms with E-state index in [1.807, 2.05) is 73.2 Å². The molecule has 7 aromatic rings. The van der Waals surface area contributed by atoms with E-state index < -0.39 is 0 Å². The highest BCUT2D eigenvalue weighted by atomic mass is 14.8. The van der Waals surface area contributed by atoms with Crippen molar-refractivity contribution >= 4 is 46.4 Å². The number of pyridine rings is 3. The van der Waals surface area contributed by atoms with Crippen LogP contribution in [-0.4, -0.2) is 34.9 Å². The Morgan fingerprint density at radius 3 is 1.23 bits per heavy atom. The minimum atomic E-state index is 0.804. The Morgan fingerprint density at radius 1 is 0.442 bits per heavy atom. The van der Waals surface area contributed by atoms with Gasteiger partial charge in [0.2, 0.25) is 0 Å². The molecule has 0 spiro atoms. The molecule has 2 N–H and O–H groups in total. The van der Waals surface area contributed by atoms with Crippen molar-refractivity contribution in [1.29, 1.82) is 0 Å². The van der Waals surface area contributed by atoms with Crippen LogP contribution >= 0.6 is 0 Å². The summed E-state index contributed by atoms with van der Waals surface area (Å²) >= 11 is 0. The Balaban J connectivity index is 1.43. The molecule has 2 aliphatic heterocycles. The van der Waals surface area contributed by atoms with Gasteiger partial charge < -0.3 is 9.97 Å². The van der Waals surface area contributed by atoms with E-state index in [2.05, 4.69) is 89.7 Å². The van der Waals surface area contributed by atoms with Crippen LogP contribution in [0.25, 0.3) is 91.3 Å². The van der Waals surface area contributed by atoms with Gasteiger partial charge in [0.15, 0.2) is 0 Å². The average molecular weight is 674 g/mol. The number of aromatic amines is 2. The predicted molar refractivity (Wildman–Crippen MR) is 213 cm³/mol. The Bertz CT molecular complexity index is 2600. The molecule has 0 amide bonds. The Hall–Kier alpha value is -6.73. The van der Waals surface area contributed by atoms with Gasteiger partial charge in [0.25, 0.3) is 0 Å². The Labute approximate surface area is 301 Å². The number of H-pyrrole nitrogens is 2. The molecule has 7 nitrogen and oxygen atoms in total. The summed E-state index contributed by atoms with van der Waals surface area (Å²) in [6.07, 6.45) is 17.2. The summed E-state index contributed by atoms with van der Waals surface area (Å²) in [5.41, 5.74) is 15.6. The number of aryl methyl sites for hydroxylation is 1. The molecular weight excluding hydrogens is 639 g/mol. The molecule has 0 fully saturated rings. The number of unbranched alkanes of at least 4 members (excludes halogenated alkanes) is 1. The van der Waals surface area contributed by atoms with Crippen molar-refractivity contribution in [2.75, 3.05) is 0 Å². The molecule has 9 rings (SSSR count). The monoisotopic (exact) mass is 673 g/mol. The molecule has 0 radical (unpaired) electrons. The lowest BCUT2D eigenvalue weighted by Crippen LogP contribution is -1.91. The number of nitrogens with one attached hydrogen (secondary N) is 2.